The number of hydrogen-bond acceptors (Lipinski definition) is 4. The van der Waals surface area contributed by atoms with Crippen molar-refractivity contribution in [2.45, 2.75) is 6.42 Å². The third-order valence-corrected chi connectivity index (χ3v) is 3.54. The number of benzene rings is 1. The van der Waals surface area contributed by atoms with Crippen molar-refractivity contribution < 1.29 is 14.3 Å². The van der Waals surface area contributed by atoms with Gasteiger partial charge in [-0.3, -0.25) is 4.79 Å². The highest BCUT2D eigenvalue weighted by Crippen LogP contribution is 2.25. The second-order valence-corrected chi connectivity index (χ2v) is 4.95. The molecular weight excluding hydrogens is 292 g/mol. The van der Waals surface area contributed by atoms with Gasteiger partial charge in [-0.15, -0.1) is 12.4 Å². The third-order valence-electron chi connectivity index (χ3n) is 3.54. The summed E-state index contributed by atoms with van der Waals surface area (Å²) in [5.41, 5.74) is 0. The maximum atomic E-state index is 12.1. The first-order valence-electron chi connectivity index (χ1n) is 6.94. The lowest BCUT2D eigenvalue weighted by Crippen LogP contribution is -2.36. The van der Waals surface area contributed by atoms with E-state index in [4.69, 9.17) is 9.47 Å². The molecule has 1 aromatic carbocycles. The molecule has 1 heterocycles. The third kappa shape index (κ3) is 4.79. The fourth-order valence-electron chi connectivity index (χ4n) is 2.32. The molecule has 0 bridgehead atoms. The zero-order valence-corrected chi connectivity index (χ0v) is 13.3. The van der Waals surface area contributed by atoms with Gasteiger partial charge in [-0.05, 0) is 25.1 Å². The molecule has 21 heavy (non-hydrogen) atoms. The number of ether oxygens (including phenoxy) is 2. The van der Waals surface area contributed by atoms with Crippen molar-refractivity contribution in [1.29, 1.82) is 0 Å². The normalized spacial score (nSPS) is 17.0. The monoisotopic (exact) mass is 314 g/mol. The van der Waals surface area contributed by atoms with E-state index >= 15 is 0 Å². The highest BCUT2D eigenvalue weighted by molar-refractivity contribution is 5.85. The molecule has 0 aliphatic carbocycles. The number of methoxy groups -OCH3 is 1. The van der Waals surface area contributed by atoms with E-state index in [0.717, 1.165) is 19.5 Å². The van der Waals surface area contributed by atoms with E-state index in [2.05, 4.69) is 5.32 Å². The molecule has 1 saturated heterocycles. The van der Waals surface area contributed by atoms with Gasteiger partial charge in [0.1, 0.15) is 6.61 Å². The second-order valence-electron chi connectivity index (χ2n) is 4.95. The van der Waals surface area contributed by atoms with Gasteiger partial charge in [0.2, 0.25) is 5.91 Å². The average Bonchev–Trinajstić information content (AvgIpc) is 3.01. The zero-order chi connectivity index (χ0) is 14.4. The lowest BCUT2D eigenvalue weighted by Gasteiger charge is -2.21. The predicted octanol–water partition coefficient (Wildman–Crippen LogP) is 1.56. The van der Waals surface area contributed by atoms with E-state index in [1.165, 1.54) is 0 Å². The Labute approximate surface area is 132 Å². The average molecular weight is 315 g/mol. The van der Waals surface area contributed by atoms with E-state index in [1.54, 1.807) is 12.0 Å². The summed E-state index contributed by atoms with van der Waals surface area (Å²) in [6.45, 7) is 2.76. The number of nitrogens with one attached hydrogen (secondary N) is 1. The van der Waals surface area contributed by atoms with Crippen LogP contribution in [0, 0.1) is 5.92 Å². The first-order valence-corrected chi connectivity index (χ1v) is 6.94. The Bertz CT molecular complexity index is 450. The van der Waals surface area contributed by atoms with Crippen LogP contribution in [-0.4, -0.2) is 51.2 Å². The van der Waals surface area contributed by atoms with E-state index in [9.17, 15) is 4.79 Å². The zero-order valence-electron chi connectivity index (χ0n) is 12.5. The van der Waals surface area contributed by atoms with Crippen LogP contribution in [0.5, 0.6) is 11.5 Å². The minimum Gasteiger partial charge on any atom is -0.493 e. The van der Waals surface area contributed by atoms with Crippen LogP contribution in [0.25, 0.3) is 0 Å². The summed E-state index contributed by atoms with van der Waals surface area (Å²) in [6, 6.07) is 7.52. The molecule has 118 valence electrons. The summed E-state index contributed by atoms with van der Waals surface area (Å²) in [5.74, 6) is 1.73. The number of carbonyl (C=O) groups excluding carboxylic acids is 1. The number of hydrogen-bond donors (Lipinski definition) is 1. The Morgan fingerprint density at radius 3 is 2.71 bits per heavy atom. The van der Waals surface area contributed by atoms with Gasteiger partial charge in [-0.25, -0.2) is 0 Å². The van der Waals surface area contributed by atoms with Gasteiger partial charge in [0.15, 0.2) is 11.5 Å². The van der Waals surface area contributed by atoms with Crippen molar-refractivity contribution in [3.63, 3.8) is 0 Å². The van der Waals surface area contributed by atoms with Crippen LogP contribution in [-0.2, 0) is 4.79 Å². The molecule has 1 atom stereocenters. The Kier molecular flexibility index (Phi) is 7.32. The minimum absolute atomic E-state index is 0. The second kappa shape index (κ2) is 8.74. The molecule has 6 heteroatoms. The fraction of sp³-hybridized carbons (Fsp3) is 0.533. The molecule has 1 N–H and O–H groups in total. The van der Waals surface area contributed by atoms with Crippen LogP contribution in [0.3, 0.4) is 0 Å². The van der Waals surface area contributed by atoms with Crippen molar-refractivity contribution >= 4 is 18.3 Å². The van der Waals surface area contributed by atoms with Crippen molar-refractivity contribution in [1.82, 2.24) is 10.2 Å². The first kappa shape index (κ1) is 17.6. The van der Waals surface area contributed by atoms with E-state index < -0.39 is 0 Å². The maximum absolute atomic E-state index is 12.1. The summed E-state index contributed by atoms with van der Waals surface area (Å²) in [7, 11) is 3.44. The van der Waals surface area contributed by atoms with Gasteiger partial charge in [0.05, 0.1) is 19.6 Å². The molecule has 1 aliphatic heterocycles. The number of halogens is 1. The SMILES string of the molecule is COc1ccccc1OCCN(C)C(=O)C1CCNC1.Cl. The number of likely N-dealkylation sites (N-methyl/N-ethyl adjacent to an activating group) is 1. The van der Waals surface area contributed by atoms with Gasteiger partial charge < -0.3 is 19.7 Å². The van der Waals surface area contributed by atoms with Crippen LogP contribution >= 0.6 is 12.4 Å². The molecule has 0 saturated carbocycles. The maximum Gasteiger partial charge on any atom is 0.226 e. The topological polar surface area (TPSA) is 50.8 Å². The smallest absolute Gasteiger partial charge is 0.226 e. The van der Waals surface area contributed by atoms with Crippen LogP contribution in [0.1, 0.15) is 6.42 Å². The van der Waals surface area contributed by atoms with Gasteiger partial charge in [-0.2, -0.15) is 0 Å². The van der Waals surface area contributed by atoms with Crippen LogP contribution in [0.15, 0.2) is 24.3 Å². The predicted molar refractivity (Wildman–Crippen MR) is 84.4 cm³/mol. The molecule has 1 unspecified atom stereocenters. The molecule has 1 aliphatic rings. The van der Waals surface area contributed by atoms with Crippen LogP contribution in [0.2, 0.25) is 0 Å². The Balaban J connectivity index is 0.00000220. The van der Waals surface area contributed by atoms with Crippen LogP contribution < -0.4 is 14.8 Å². The molecule has 1 fully saturated rings. The summed E-state index contributed by atoms with van der Waals surface area (Å²) >= 11 is 0. The highest BCUT2D eigenvalue weighted by Gasteiger charge is 2.24. The summed E-state index contributed by atoms with van der Waals surface area (Å²) in [5, 5.41) is 3.21. The molecule has 0 spiro atoms. The van der Waals surface area contributed by atoms with Gasteiger partial charge in [-0.1, -0.05) is 12.1 Å². The first-order chi connectivity index (χ1) is 9.72. The molecule has 1 aromatic rings. The number of amides is 1. The van der Waals surface area contributed by atoms with E-state index in [1.807, 2.05) is 31.3 Å². The van der Waals surface area contributed by atoms with Gasteiger partial charge in [0, 0.05) is 13.6 Å². The van der Waals surface area contributed by atoms with E-state index in [0.29, 0.717) is 24.7 Å². The molecule has 5 nitrogen and oxygen atoms in total. The highest BCUT2D eigenvalue weighted by atomic mass is 35.5. The van der Waals surface area contributed by atoms with Crippen LogP contribution in [0.4, 0.5) is 0 Å². The fourth-order valence-corrected chi connectivity index (χ4v) is 2.32. The lowest BCUT2D eigenvalue weighted by atomic mass is 10.1. The molecule has 1 amide bonds. The Hall–Kier alpha value is -1.46. The lowest BCUT2D eigenvalue weighted by molar-refractivity contribution is -0.133. The standard InChI is InChI=1S/C15H22N2O3.ClH/c1-17(15(18)12-7-8-16-11-12)9-10-20-14-6-4-3-5-13(14)19-2;/h3-6,12,16H,7-11H2,1-2H3;1H. The Morgan fingerprint density at radius 2 is 2.10 bits per heavy atom. The number of para-hydroxylation sites is 2. The summed E-state index contributed by atoms with van der Waals surface area (Å²) < 4.78 is 10.9. The van der Waals surface area contributed by atoms with Crippen molar-refractivity contribution in [2.24, 2.45) is 5.92 Å². The number of carbonyl (C=O) groups is 1. The van der Waals surface area contributed by atoms with Gasteiger partial charge >= 0.3 is 0 Å². The molecule has 0 aromatic heterocycles. The minimum atomic E-state index is 0. The Morgan fingerprint density at radius 1 is 1.38 bits per heavy atom. The van der Waals surface area contributed by atoms with Crippen molar-refractivity contribution in [2.75, 3.05) is 40.4 Å². The number of rotatable bonds is 6. The van der Waals surface area contributed by atoms with Crippen molar-refractivity contribution in [3.8, 4) is 11.5 Å². The van der Waals surface area contributed by atoms with Crippen molar-refractivity contribution in [3.05, 3.63) is 24.3 Å². The van der Waals surface area contributed by atoms with Gasteiger partial charge in [0.25, 0.3) is 0 Å². The number of nitrogens with zero attached hydrogens (tertiary/aromatic N) is 1. The summed E-state index contributed by atoms with van der Waals surface area (Å²) in [4.78, 5) is 13.9. The quantitative estimate of drug-likeness (QED) is 0.866. The largest absolute Gasteiger partial charge is 0.493 e. The molecule has 0 radical (unpaired) electrons. The molecular formula is C15H23ClN2O3. The molecule has 2 rings (SSSR count). The van der Waals surface area contributed by atoms with E-state index in [-0.39, 0.29) is 24.2 Å². The summed E-state index contributed by atoms with van der Waals surface area (Å²) in [6.07, 6.45) is 0.927.